The maximum Gasteiger partial charge on any atom is 0.228 e. The summed E-state index contributed by atoms with van der Waals surface area (Å²) in [5.41, 5.74) is 5.29. The first kappa shape index (κ1) is 29.6. The summed E-state index contributed by atoms with van der Waals surface area (Å²) >= 11 is 0. The van der Waals surface area contributed by atoms with Gasteiger partial charge in [0.05, 0.1) is 5.92 Å². The zero-order valence-electron chi connectivity index (χ0n) is 23.9. The molecule has 0 aliphatic heterocycles. The number of anilines is 3. The van der Waals surface area contributed by atoms with Gasteiger partial charge in [0.1, 0.15) is 0 Å². The second-order valence-electron chi connectivity index (χ2n) is 11.0. The predicted octanol–water partition coefficient (Wildman–Crippen LogP) is 7.67. The maximum atomic E-state index is 13.4. The van der Waals surface area contributed by atoms with E-state index in [9.17, 15) is 14.4 Å². The van der Waals surface area contributed by atoms with Crippen molar-refractivity contribution in [3.63, 3.8) is 0 Å². The minimum absolute atomic E-state index is 0.124. The Balaban J connectivity index is 1.76. The van der Waals surface area contributed by atoms with Crippen molar-refractivity contribution < 1.29 is 14.4 Å². The molecule has 0 bridgehead atoms. The van der Waals surface area contributed by atoms with Crippen LogP contribution < -0.4 is 16.0 Å². The van der Waals surface area contributed by atoms with Gasteiger partial charge >= 0.3 is 0 Å². The van der Waals surface area contributed by atoms with Gasteiger partial charge in [0, 0.05) is 29.9 Å². The Morgan fingerprint density at radius 1 is 0.538 bits per heavy atom. The molecule has 0 radical (unpaired) electrons. The van der Waals surface area contributed by atoms with Crippen LogP contribution in [0.3, 0.4) is 0 Å². The largest absolute Gasteiger partial charge is 0.326 e. The van der Waals surface area contributed by atoms with Crippen LogP contribution in [0.15, 0.2) is 72.8 Å². The van der Waals surface area contributed by atoms with Crippen molar-refractivity contribution in [3.05, 3.63) is 89.5 Å². The minimum Gasteiger partial charge on any atom is -0.326 e. The van der Waals surface area contributed by atoms with E-state index in [4.69, 9.17) is 0 Å². The molecule has 0 aliphatic rings. The molecule has 39 heavy (non-hydrogen) atoms. The van der Waals surface area contributed by atoms with E-state index < -0.39 is 5.92 Å². The molecule has 0 saturated heterocycles. The van der Waals surface area contributed by atoms with E-state index in [1.807, 2.05) is 72.8 Å². The monoisotopic (exact) mass is 527 g/mol. The smallest absolute Gasteiger partial charge is 0.228 e. The van der Waals surface area contributed by atoms with Crippen molar-refractivity contribution in [2.75, 3.05) is 16.0 Å². The fourth-order valence-electron chi connectivity index (χ4n) is 4.30. The fourth-order valence-corrected chi connectivity index (χ4v) is 4.30. The number of hydrogen-bond donors (Lipinski definition) is 3. The van der Waals surface area contributed by atoms with Crippen LogP contribution in [0.1, 0.15) is 88.8 Å². The van der Waals surface area contributed by atoms with E-state index in [0.717, 1.165) is 16.7 Å². The second kappa shape index (κ2) is 13.7. The van der Waals surface area contributed by atoms with Crippen molar-refractivity contribution in [2.24, 2.45) is 5.92 Å². The summed E-state index contributed by atoms with van der Waals surface area (Å²) in [7, 11) is 0. The van der Waals surface area contributed by atoms with E-state index in [1.54, 1.807) is 0 Å². The van der Waals surface area contributed by atoms with Crippen molar-refractivity contribution in [1.82, 2.24) is 0 Å². The topological polar surface area (TPSA) is 87.3 Å². The number of nitrogens with one attached hydrogen (secondary N) is 3. The Morgan fingerprint density at radius 3 is 1.21 bits per heavy atom. The third-order valence-corrected chi connectivity index (χ3v) is 6.73. The van der Waals surface area contributed by atoms with Crippen molar-refractivity contribution >= 4 is 34.8 Å². The molecule has 0 spiro atoms. The minimum atomic E-state index is -0.853. The highest BCUT2D eigenvalue weighted by molar-refractivity contribution is 6.01. The Bertz CT molecular complexity index is 1230. The van der Waals surface area contributed by atoms with E-state index >= 15 is 0 Å². The van der Waals surface area contributed by atoms with E-state index in [0.29, 0.717) is 34.8 Å². The number of carbonyl (C=O) groups is 3. The average molecular weight is 528 g/mol. The van der Waals surface area contributed by atoms with Gasteiger partial charge in [-0.15, -0.1) is 0 Å². The number of amides is 3. The molecule has 0 unspecified atom stereocenters. The molecule has 3 amide bonds. The van der Waals surface area contributed by atoms with Gasteiger partial charge in [0.15, 0.2) is 0 Å². The van der Waals surface area contributed by atoms with Crippen molar-refractivity contribution in [1.29, 1.82) is 0 Å². The number of benzene rings is 3. The summed E-state index contributed by atoms with van der Waals surface area (Å²) in [5.74, 6) is -0.914. The standard InChI is InChI=1S/C33H41N3O3/c1-21(2)24-10-7-13-28(16-24)34-31(37)19-27(33(39)36-30-15-9-12-26(18-30)23(5)6)20-32(38)35-29-14-8-11-25(17-29)22(3)4/h7-18,21-23,27H,19-20H2,1-6H3,(H,34,37)(H,35,38)(H,36,39). The van der Waals surface area contributed by atoms with Gasteiger partial charge in [-0.05, 0) is 70.8 Å². The van der Waals surface area contributed by atoms with Gasteiger partial charge in [-0.1, -0.05) is 77.9 Å². The van der Waals surface area contributed by atoms with Crippen LogP contribution in [0.25, 0.3) is 0 Å². The maximum absolute atomic E-state index is 13.4. The van der Waals surface area contributed by atoms with Gasteiger partial charge in [-0.3, -0.25) is 14.4 Å². The Morgan fingerprint density at radius 2 is 0.872 bits per heavy atom. The molecule has 0 saturated carbocycles. The summed E-state index contributed by atoms with van der Waals surface area (Å²) in [4.78, 5) is 39.5. The molecule has 0 aromatic heterocycles. The summed E-state index contributed by atoms with van der Waals surface area (Å²) in [6, 6.07) is 23.0. The summed E-state index contributed by atoms with van der Waals surface area (Å²) < 4.78 is 0. The van der Waals surface area contributed by atoms with E-state index in [2.05, 4.69) is 57.5 Å². The number of hydrogen-bond acceptors (Lipinski definition) is 3. The van der Waals surface area contributed by atoms with Crippen molar-refractivity contribution in [3.8, 4) is 0 Å². The van der Waals surface area contributed by atoms with Crippen LogP contribution >= 0.6 is 0 Å². The van der Waals surface area contributed by atoms with Crippen LogP contribution in [0.5, 0.6) is 0 Å². The average Bonchev–Trinajstić information content (AvgIpc) is 2.88. The lowest BCUT2D eigenvalue weighted by atomic mass is 9.97. The van der Waals surface area contributed by atoms with E-state index in [-0.39, 0.29) is 30.6 Å². The molecule has 0 aliphatic carbocycles. The second-order valence-corrected chi connectivity index (χ2v) is 11.0. The SMILES string of the molecule is CC(C)c1cccc(NC(=O)CC(CC(=O)Nc2cccc(C(C)C)c2)C(=O)Nc2cccc(C(C)C)c2)c1. The van der Waals surface area contributed by atoms with Crippen LogP contribution in [0.2, 0.25) is 0 Å². The normalized spacial score (nSPS) is 11.2. The molecule has 3 aromatic carbocycles. The third kappa shape index (κ3) is 9.10. The first-order chi connectivity index (χ1) is 18.5. The lowest BCUT2D eigenvalue weighted by molar-refractivity contribution is -0.127. The number of carbonyl (C=O) groups excluding carboxylic acids is 3. The highest BCUT2D eigenvalue weighted by Gasteiger charge is 2.26. The molecule has 3 N–H and O–H groups in total. The molecule has 206 valence electrons. The first-order valence-corrected chi connectivity index (χ1v) is 13.7. The summed E-state index contributed by atoms with van der Waals surface area (Å²) in [6.45, 7) is 12.5. The molecular formula is C33H41N3O3. The zero-order valence-corrected chi connectivity index (χ0v) is 23.9. The van der Waals surface area contributed by atoms with Gasteiger partial charge < -0.3 is 16.0 Å². The van der Waals surface area contributed by atoms with Crippen molar-refractivity contribution in [2.45, 2.75) is 72.1 Å². The molecule has 0 fully saturated rings. The molecule has 3 aromatic rings. The summed E-state index contributed by atoms with van der Waals surface area (Å²) in [5, 5.41) is 8.73. The molecular weight excluding hydrogens is 486 g/mol. The number of rotatable bonds is 11. The molecule has 0 atom stereocenters. The molecule has 3 rings (SSSR count). The molecule has 6 heteroatoms. The van der Waals surface area contributed by atoms with Gasteiger partial charge in [0.25, 0.3) is 0 Å². The lowest BCUT2D eigenvalue weighted by Crippen LogP contribution is -2.31. The lowest BCUT2D eigenvalue weighted by Gasteiger charge is -2.18. The van der Waals surface area contributed by atoms with Crippen LogP contribution in [0, 0.1) is 5.92 Å². The Hall–Kier alpha value is -3.93. The van der Waals surface area contributed by atoms with Crippen LogP contribution in [0.4, 0.5) is 17.1 Å². The van der Waals surface area contributed by atoms with Gasteiger partial charge in [-0.25, -0.2) is 0 Å². The van der Waals surface area contributed by atoms with E-state index in [1.165, 1.54) is 0 Å². The Kier molecular flexibility index (Phi) is 10.4. The highest BCUT2D eigenvalue weighted by Crippen LogP contribution is 2.23. The quantitative estimate of drug-likeness (QED) is 0.239. The first-order valence-electron chi connectivity index (χ1n) is 13.7. The van der Waals surface area contributed by atoms with Gasteiger partial charge in [-0.2, -0.15) is 0 Å². The predicted molar refractivity (Wildman–Crippen MR) is 160 cm³/mol. The van der Waals surface area contributed by atoms with Gasteiger partial charge in [0.2, 0.25) is 17.7 Å². The van der Waals surface area contributed by atoms with Crippen LogP contribution in [-0.4, -0.2) is 17.7 Å². The fraction of sp³-hybridized carbons (Fsp3) is 0.364. The third-order valence-electron chi connectivity index (χ3n) is 6.73. The highest BCUT2D eigenvalue weighted by atomic mass is 16.2. The molecule has 0 heterocycles. The van der Waals surface area contributed by atoms with Crippen LogP contribution in [-0.2, 0) is 14.4 Å². The molecule has 6 nitrogen and oxygen atoms in total. The zero-order chi connectivity index (χ0) is 28.5. The summed E-state index contributed by atoms with van der Waals surface area (Å²) in [6.07, 6.45) is -0.248. The Labute approximate surface area is 232 Å².